The Morgan fingerprint density at radius 3 is 2.75 bits per heavy atom. The first kappa shape index (κ1) is 8.91. The van der Waals surface area contributed by atoms with Gasteiger partial charge in [-0.05, 0) is 19.9 Å². The quantitative estimate of drug-likeness (QED) is 0.633. The van der Waals surface area contributed by atoms with Crippen LogP contribution in [0.4, 0.5) is 5.69 Å². The van der Waals surface area contributed by atoms with Crippen molar-refractivity contribution in [2.24, 2.45) is 0 Å². The van der Waals surface area contributed by atoms with Crippen molar-refractivity contribution >= 4 is 19.0 Å². The number of nitrogens with two attached hydrogens (primary N) is 1. The molecule has 4 heteroatoms. The van der Waals surface area contributed by atoms with Gasteiger partial charge in [-0.2, -0.15) is 0 Å². The summed E-state index contributed by atoms with van der Waals surface area (Å²) in [4.78, 5) is 3.95. The summed E-state index contributed by atoms with van der Waals surface area (Å²) in [5.74, 6) is 0.444. The minimum Gasteiger partial charge on any atom is -0.473 e. The zero-order valence-electron chi connectivity index (χ0n) is 7.24. The number of aromatic nitrogens is 1. The molecule has 0 bridgehead atoms. The van der Waals surface area contributed by atoms with E-state index in [1.54, 1.807) is 6.07 Å². The number of hydrogen-bond acceptors (Lipinski definition) is 3. The van der Waals surface area contributed by atoms with E-state index in [2.05, 4.69) is 4.98 Å². The molecule has 0 amide bonds. The standard InChI is InChI=1S/C8H11BN2O/c1-5(2)12-8-7(10)3-6(9)4-11-8/h3-5H,10H2,1-2H3. The fraction of sp³-hybridized carbons (Fsp3) is 0.375. The van der Waals surface area contributed by atoms with E-state index in [0.717, 1.165) is 0 Å². The Balaban J connectivity index is 2.86. The third kappa shape index (κ3) is 2.15. The Bertz CT molecular complexity index is 276. The Kier molecular flexibility index (Phi) is 2.58. The van der Waals surface area contributed by atoms with E-state index in [9.17, 15) is 0 Å². The van der Waals surface area contributed by atoms with Crippen molar-refractivity contribution in [3.05, 3.63) is 12.3 Å². The van der Waals surface area contributed by atoms with Crippen LogP contribution in [-0.4, -0.2) is 18.9 Å². The van der Waals surface area contributed by atoms with Gasteiger partial charge in [0.05, 0.1) is 11.8 Å². The Labute approximate surface area is 73.4 Å². The smallest absolute Gasteiger partial charge is 0.237 e. The van der Waals surface area contributed by atoms with E-state index in [1.807, 2.05) is 13.8 Å². The molecule has 0 spiro atoms. The topological polar surface area (TPSA) is 48.1 Å². The average Bonchev–Trinajstić information content (AvgIpc) is 1.94. The first-order valence-corrected chi connectivity index (χ1v) is 3.77. The van der Waals surface area contributed by atoms with Crippen LogP contribution in [-0.2, 0) is 0 Å². The lowest BCUT2D eigenvalue weighted by Crippen LogP contribution is -2.12. The Morgan fingerprint density at radius 2 is 2.25 bits per heavy atom. The first-order chi connectivity index (χ1) is 5.59. The second-order valence-electron chi connectivity index (χ2n) is 2.83. The van der Waals surface area contributed by atoms with E-state index in [0.29, 0.717) is 17.0 Å². The van der Waals surface area contributed by atoms with Crippen molar-refractivity contribution in [2.75, 3.05) is 5.73 Å². The van der Waals surface area contributed by atoms with Crippen LogP contribution in [0.3, 0.4) is 0 Å². The third-order valence-electron chi connectivity index (χ3n) is 1.25. The van der Waals surface area contributed by atoms with Gasteiger partial charge in [0.25, 0.3) is 0 Å². The van der Waals surface area contributed by atoms with Gasteiger partial charge in [0, 0.05) is 6.20 Å². The van der Waals surface area contributed by atoms with Gasteiger partial charge in [-0.25, -0.2) is 4.98 Å². The number of hydrogen-bond donors (Lipinski definition) is 1. The summed E-state index contributed by atoms with van der Waals surface area (Å²) in [7, 11) is 5.46. The number of ether oxygens (including phenoxy) is 1. The minimum atomic E-state index is 0.0726. The van der Waals surface area contributed by atoms with Crippen LogP contribution in [0, 0.1) is 0 Å². The molecule has 0 unspecified atom stereocenters. The van der Waals surface area contributed by atoms with E-state index >= 15 is 0 Å². The molecule has 0 saturated carbocycles. The predicted molar refractivity (Wildman–Crippen MR) is 49.8 cm³/mol. The van der Waals surface area contributed by atoms with Gasteiger partial charge in [0.1, 0.15) is 7.85 Å². The number of pyridine rings is 1. The van der Waals surface area contributed by atoms with Crippen LogP contribution in [0.25, 0.3) is 0 Å². The monoisotopic (exact) mass is 162 g/mol. The van der Waals surface area contributed by atoms with Crippen molar-refractivity contribution < 1.29 is 4.74 Å². The molecule has 0 atom stereocenters. The molecule has 0 saturated heterocycles. The SMILES string of the molecule is [B]c1cnc(OC(C)C)c(N)c1. The number of nitrogen functional groups attached to an aromatic ring is 1. The van der Waals surface area contributed by atoms with Gasteiger partial charge in [-0.1, -0.05) is 5.46 Å². The van der Waals surface area contributed by atoms with Crippen molar-refractivity contribution in [1.29, 1.82) is 0 Å². The van der Waals surface area contributed by atoms with Gasteiger partial charge >= 0.3 is 0 Å². The van der Waals surface area contributed by atoms with E-state index < -0.39 is 0 Å². The average molecular weight is 162 g/mol. The summed E-state index contributed by atoms with van der Waals surface area (Å²) >= 11 is 0. The van der Waals surface area contributed by atoms with Crippen molar-refractivity contribution in [1.82, 2.24) is 4.98 Å². The van der Waals surface area contributed by atoms with E-state index in [4.69, 9.17) is 18.3 Å². The first-order valence-electron chi connectivity index (χ1n) is 3.77. The number of anilines is 1. The second-order valence-corrected chi connectivity index (χ2v) is 2.83. The van der Waals surface area contributed by atoms with Crippen LogP contribution in [0.5, 0.6) is 5.88 Å². The van der Waals surface area contributed by atoms with Crippen molar-refractivity contribution in [3.63, 3.8) is 0 Å². The van der Waals surface area contributed by atoms with Crippen LogP contribution >= 0.6 is 0 Å². The molecule has 12 heavy (non-hydrogen) atoms. The fourth-order valence-corrected chi connectivity index (χ4v) is 0.808. The molecule has 0 fully saturated rings. The zero-order chi connectivity index (χ0) is 9.14. The summed E-state index contributed by atoms with van der Waals surface area (Å²) in [6.07, 6.45) is 1.59. The van der Waals surface area contributed by atoms with Gasteiger partial charge in [0.2, 0.25) is 5.88 Å². The Morgan fingerprint density at radius 1 is 1.58 bits per heavy atom. The van der Waals surface area contributed by atoms with E-state index in [1.165, 1.54) is 6.20 Å². The molecule has 0 aliphatic heterocycles. The molecule has 0 aliphatic rings. The van der Waals surface area contributed by atoms with Gasteiger partial charge < -0.3 is 10.5 Å². The minimum absolute atomic E-state index is 0.0726. The predicted octanol–water partition coefficient (Wildman–Crippen LogP) is 0.245. The molecule has 1 aromatic heterocycles. The maximum Gasteiger partial charge on any atom is 0.237 e. The van der Waals surface area contributed by atoms with Crippen molar-refractivity contribution in [3.8, 4) is 5.88 Å². The highest BCUT2D eigenvalue weighted by molar-refractivity contribution is 6.32. The highest BCUT2D eigenvalue weighted by Gasteiger charge is 2.03. The summed E-state index contributed by atoms with van der Waals surface area (Å²) in [6.45, 7) is 3.83. The van der Waals surface area contributed by atoms with Crippen LogP contribution < -0.4 is 15.9 Å². The summed E-state index contributed by atoms with van der Waals surface area (Å²) in [5.41, 5.74) is 6.62. The molecular weight excluding hydrogens is 151 g/mol. The molecule has 1 rings (SSSR count). The maximum absolute atomic E-state index is 5.60. The van der Waals surface area contributed by atoms with Crippen LogP contribution in [0.2, 0.25) is 0 Å². The molecule has 0 aromatic carbocycles. The highest BCUT2D eigenvalue weighted by atomic mass is 16.5. The Hall–Kier alpha value is -1.19. The zero-order valence-corrected chi connectivity index (χ0v) is 7.24. The summed E-state index contributed by atoms with van der Waals surface area (Å²) in [6, 6.07) is 1.63. The molecule has 2 N–H and O–H groups in total. The molecular formula is C8H11BN2O. The molecule has 2 radical (unpaired) electrons. The molecule has 62 valence electrons. The summed E-state index contributed by atoms with van der Waals surface area (Å²) in [5, 5.41) is 0. The highest BCUT2D eigenvalue weighted by Crippen LogP contribution is 2.15. The third-order valence-corrected chi connectivity index (χ3v) is 1.25. The molecule has 3 nitrogen and oxygen atoms in total. The largest absolute Gasteiger partial charge is 0.473 e. The van der Waals surface area contributed by atoms with Crippen molar-refractivity contribution in [2.45, 2.75) is 20.0 Å². The lowest BCUT2D eigenvalue weighted by molar-refractivity contribution is 0.234. The molecule has 0 aliphatic carbocycles. The van der Waals surface area contributed by atoms with Crippen LogP contribution in [0.15, 0.2) is 12.3 Å². The van der Waals surface area contributed by atoms with Gasteiger partial charge in [0.15, 0.2) is 0 Å². The molecule has 1 aromatic rings. The normalized spacial score (nSPS) is 10.2. The lowest BCUT2D eigenvalue weighted by atomic mass is 9.99. The second kappa shape index (κ2) is 3.47. The van der Waals surface area contributed by atoms with E-state index in [-0.39, 0.29) is 6.10 Å². The number of nitrogens with zero attached hydrogens (tertiary/aromatic N) is 1. The lowest BCUT2D eigenvalue weighted by Gasteiger charge is -2.10. The molecule has 1 heterocycles. The van der Waals surface area contributed by atoms with Gasteiger partial charge in [-0.3, -0.25) is 0 Å². The number of rotatable bonds is 2. The van der Waals surface area contributed by atoms with Crippen LogP contribution in [0.1, 0.15) is 13.8 Å². The summed E-state index contributed by atoms with van der Waals surface area (Å²) < 4.78 is 5.31. The fourth-order valence-electron chi connectivity index (χ4n) is 0.808. The van der Waals surface area contributed by atoms with Gasteiger partial charge in [-0.15, -0.1) is 0 Å². The maximum atomic E-state index is 5.60.